The van der Waals surface area contributed by atoms with Gasteiger partial charge in [-0.05, 0) is 19.1 Å². The summed E-state index contributed by atoms with van der Waals surface area (Å²) in [4.78, 5) is 11.5. The van der Waals surface area contributed by atoms with E-state index in [1.807, 2.05) is 6.07 Å². The highest BCUT2D eigenvalue weighted by Gasteiger charge is 2.13. The second-order valence-corrected chi connectivity index (χ2v) is 3.14. The summed E-state index contributed by atoms with van der Waals surface area (Å²) >= 11 is 0. The molecule has 2 rings (SSSR count). The maximum Gasteiger partial charge on any atom is 0.341 e. The van der Waals surface area contributed by atoms with Crippen molar-refractivity contribution in [1.29, 1.82) is 5.26 Å². The smallest absolute Gasteiger partial charge is 0.341 e. The molecule has 80 valence electrons. The number of pyridine rings is 1. The topological polar surface area (TPSA) is 67.4 Å². The minimum absolute atomic E-state index is 0.326. The van der Waals surface area contributed by atoms with Crippen LogP contribution in [0, 0.1) is 11.3 Å². The number of nitriles is 1. The molecule has 0 atom stereocenters. The van der Waals surface area contributed by atoms with Gasteiger partial charge in [0.15, 0.2) is 0 Å². The van der Waals surface area contributed by atoms with Gasteiger partial charge in [-0.1, -0.05) is 0 Å². The van der Waals surface area contributed by atoms with Gasteiger partial charge in [-0.25, -0.2) is 9.31 Å². The maximum atomic E-state index is 11.5. The Labute approximate surface area is 91.9 Å². The van der Waals surface area contributed by atoms with E-state index in [0.717, 1.165) is 0 Å². The number of carbonyl (C=O) groups is 1. The molecule has 5 nitrogen and oxygen atoms in total. The largest absolute Gasteiger partial charge is 0.462 e. The summed E-state index contributed by atoms with van der Waals surface area (Å²) in [7, 11) is 0. The molecule has 0 aliphatic rings. The SMILES string of the molecule is CCOC(=O)c1cnn2cc(C#N)ccc12. The number of hydrogen-bond acceptors (Lipinski definition) is 4. The van der Waals surface area contributed by atoms with E-state index >= 15 is 0 Å². The predicted octanol–water partition coefficient (Wildman–Crippen LogP) is 1.38. The lowest BCUT2D eigenvalue weighted by Gasteiger charge is -1.99. The molecule has 0 bridgehead atoms. The summed E-state index contributed by atoms with van der Waals surface area (Å²) in [5.74, 6) is -0.401. The summed E-state index contributed by atoms with van der Waals surface area (Å²) in [5, 5.41) is 12.7. The van der Waals surface area contributed by atoms with Crippen LogP contribution in [0.25, 0.3) is 5.52 Å². The van der Waals surface area contributed by atoms with Gasteiger partial charge in [-0.15, -0.1) is 0 Å². The van der Waals surface area contributed by atoms with E-state index in [4.69, 9.17) is 10.00 Å². The van der Waals surface area contributed by atoms with Crippen molar-refractivity contribution in [3.05, 3.63) is 35.7 Å². The number of nitrogens with zero attached hydrogens (tertiary/aromatic N) is 3. The second-order valence-electron chi connectivity index (χ2n) is 3.14. The van der Waals surface area contributed by atoms with Crippen LogP contribution in [0.4, 0.5) is 0 Å². The van der Waals surface area contributed by atoms with Gasteiger partial charge < -0.3 is 4.74 Å². The molecule has 0 aliphatic heterocycles. The Morgan fingerprint density at radius 3 is 3.12 bits per heavy atom. The number of esters is 1. The molecule has 2 aromatic heterocycles. The summed E-state index contributed by atoms with van der Waals surface area (Å²) < 4.78 is 6.38. The number of carbonyl (C=O) groups excluding carboxylic acids is 1. The Hall–Kier alpha value is -2.35. The average Bonchev–Trinajstić information content (AvgIpc) is 2.71. The molecule has 0 aromatic carbocycles. The van der Waals surface area contributed by atoms with Gasteiger partial charge in [0.1, 0.15) is 11.6 Å². The first-order valence-electron chi connectivity index (χ1n) is 4.81. The van der Waals surface area contributed by atoms with Crippen molar-refractivity contribution in [3.63, 3.8) is 0 Å². The van der Waals surface area contributed by atoms with Gasteiger partial charge in [0, 0.05) is 6.20 Å². The monoisotopic (exact) mass is 215 g/mol. The van der Waals surface area contributed by atoms with Gasteiger partial charge >= 0.3 is 5.97 Å². The van der Waals surface area contributed by atoms with Gasteiger partial charge in [0.25, 0.3) is 0 Å². The number of rotatable bonds is 2. The average molecular weight is 215 g/mol. The fourth-order valence-electron chi connectivity index (χ4n) is 1.42. The molecule has 0 saturated carbocycles. The van der Waals surface area contributed by atoms with Crippen LogP contribution in [-0.4, -0.2) is 22.2 Å². The van der Waals surface area contributed by atoms with Crippen molar-refractivity contribution >= 4 is 11.5 Å². The lowest BCUT2D eigenvalue weighted by atomic mass is 10.2. The van der Waals surface area contributed by atoms with Crippen molar-refractivity contribution in [1.82, 2.24) is 9.61 Å². The van der Waals surface area contributed by atoms with E-state index in [9.17, 15) is 4.79 Å². The zero-order valence-electron chi connectivity index (χ0n) is 8.67. The van der Waals surface area contributed by atoms with E-state index in [0.29, 0.717) is 23.3 Å². The first-order chi connectivity index (χ1) is 7.76. The lowest BCUT2D eigenvalue weighted by molar-refractivity contribution is 0.0528. The Kier molecular flexibility index (Phi) is 2.56. The quantitative estimate of drug-likeness (QED) is 0.710. The van der Waals surface area contributed by atoms with Crippen molar-refractivity contribution in [2.75, 3.05) is 6.61 Å². The van der Waals surface area contributed by atoms with Crippen LogP contribution in [-0.2, 0) is 4.74 Å². The van der Waals surface area contributed by atoms with Crippen molar-refractivity contribution in [2.24, 2.45) is 0 Å². The summed E-state index contributed by atoms with van der Waals surface area (Å²) in [6.07, 6.45) is 3.01. The second kappa shape index (κ2) is 4.03. The molecule has 2 aromatic rings. The van der Waals surface area contributed by atoms with Crippen LogP contribution in [0.3, 0.4) is 0 Å². The first-order valence-corrected chi connectivity index (χ1v) is 4.81. The van der Waals surface area contributed by atoms with Gasteiger partial charge in [-0.2, -0.15) is 10.4 Å². The Morgan fingerprint density at radius 2 is 2.44 bits per heavy atom. The van der Waals surface area contributed by atoms with Crippen LogP contribution in [0.15, 0.2) is 24.5 Å². The number of aromatic nitrogens is 2. The molecule has 0 N–H and O–H groups in total. The molecule has 0 spiro atoms. The highest BCUT2D eigenvalue weighted by Crippen LogP contribution is 2.12. The van der Waals surface area contributed by atoms with E-state index in [1.54, 1.807) is 25.3 Å². The molecular formula is C11H9N3O2. The minimum Gasteiger partial charge on any atom is -0.462 e. The molecule has 0 radical (unpaired) electrons. The van der Waals surface area contributed by atoms with Crippen LogP contribution in [0.2, 0.25) is 0 Å². The lowest BCUT2D eigenvalue weighted by Crippen LogP contribution is -2.03. The molecule has 0 amide bonds. The van der Waals surface area contributed by atoms with Gasteiger partial charge in [0.2, 0.25) is 0 Å². The van der Waals surface area contributed by atoms with Crippen LogP contribution < -0.4 is 0 Å². The van der Waals surface area contributed by atoms with E-state index in [2.05, 4.69) is 5.10 Å². The normalized spacial score (nSPS) is 10.0. The summed E-state index contributed by atoms with van der Waals surface area (Å²) in [6.45, 7) is 2.07. The molecule has 0 unspecified atom stereocenters. The molecule has 2 heterocycles. The minimum atomic E-state index is -0.401. The van der Waals surface area contributed by atoms with E-state index < -0.39 is 5.97 Å². The van der Waals surface area contributed by atoms with E-state index in [1.165, 1.54) is 10.7 Å². The molecule has 5 heteroatoms. The first kappa shape index (κ1) is 10.2. The fraction of sp³-hybridized carbons (Fsp3) is 0.182. The summed E-state index contributed by atoms with van der Waals surface area (Å²) in [5.41, 5.74) is 1.54. The number of ether oxygens (including phenoxy) is 1. The summed E-state index contributed by atoms with van der Waals surface area (Å²) in [6, 6.07) is 5.32. The van der Waals surface area contributed by atoms with Crippen LogP contribution >= 0.6 is 0 Å². The zero-order chi connectivity index (χ0) is 11.5. The highest BCUT2D eigenvalue weighted by atomic mass is 16.5. The third kappa shape index (κ3) is 1.61. The molecular weight excluding hydrogens is 206 g/mol. The van der Waals surface area contributed by atoms with Gasteiger partial charge in [0.05, 0.1) is 23.9 Å². The Balaban J connectivity index is 2.50. The molecule has 0 saturated heterocycles. The van der Waals surface area contributed by atoms with Crippen molar-refractivity contribution in [3.8, 4) is 6.07 Å². The zero-order valence-corrected chi connectivity index (χ0v) is 8.67. The molecule has 0 fully saturated rings. The Bertz CT molecular complexity index is 580. The van der Waals surface area contributed by atoms with Crippen molar-refractivity contribution in [2.45, 2.75) is 6.92 Å². The number of fused-ring (bicyclic) bond motifs is 1. The highest BCUT2D eigenvalue weighted by molar-refractivity contribution is 5.96. The molecule has 16 heavy (non-hydrogen) atoms. The van der Waals surface area contributed by atoms with E-state index in [-0.39, 0.29) is 0 Å². The Morgan fingerprint density at radius 1 is 1.62 bits per heavy atom. The van der Waals surface area contributed by atoms with Crippen LogP contribution in [0.5, 0.6) is 0 Å². The van der Waals surface area contributed by atoms with Crippen LogP contribution in [0.1, 0.15) is 22.8 Å². The van der Waals surface area contributed by atoms with Crippen molar-refractivity contribution < 1.29 is 9.53 Å². The maximum absolute atomic E-state index is 11.5. The standard InChI is InChI=1S/C11H9N3O2/c1-2-16-11(15)9-6-13-14-7-8(5-12)3-4-10(9)14/h3-4,6-7H,2H2,1H3. The third-order valence-corrected chi connectivity index (χ3v) is 2.14. The predicted molar refractivity (Wildman–Crippen MR) is 55.9 cm³/mol. The fourth-order valence-corrected chi connectivity index (χ4v) is 1.42. The van der Waals surface area contributed by atoms with Gasteiger partial charge in [-0.3, -0.25) is 0 Å². The molecule has 0 aliphatic carbocycles. The third-order valence-electron chi connectivity index (χ3n) is 2.14. The number of hydrogen-bond donors (Lipinski definition) is 0.